The molecule has 0 fully saturated rings. The van der Waals surface area contributed by atoms with Gasteiger partial charge in [-0.15, -0.1) is 0 Å². The normalized spacial score (nSPS) is 16.4. The Bertz CT molecular complexity index is 502. The third-order valence-electron chi connectivity index (χ3n) is 2.84. The number of benzene rings is 1. The van der Waals surface area contributed by atoms with Crippen molar-refractivity contribution in [2.24, 2.45) is 9.98 Å². The lowest BCUT2D eigenvalue weighted by Crippen LogP contribution is -2.17. The van der Waals surface area contributed by atoms with Crippen molar-refractivity contribution in [2.45, 2.75) is 61.9 Å². The van der Waals surface area contributed by atoms with Crippen LogP contribution in [0.3, 0.4) is 0 Å². The molecule has 120 valence electrons. The third-order valence-corrected chi connectivity index (χ3v) is 2.84. The molecule has 0 radical (unpaired) electrons. The first-order chi connectivity index (χ1) is 8.46. The molecule has 0 spiro atoms. The van der Waals surface area contributed by atoms with Gasteiger partial charge in [-0.25, -0.2) is 4.99 Å². The highest BCUT2D eigenvalue weighted by atomic mass is 16.5. The first-order valence-electron chi connectivity index (χ1n) is 6.28. The Morgan fingerprint density at radius 1 is 1.05 bits per heavy atom. The molecule has 2 heterocycles. The quantitative estimate of drug-likeness (QED) is 0.625. The number of hydrogen-bond donors (Lipinski definition) is 0. The van der Waals surface area contributed by atoms with Crippen molar-refractivity contribution in [2.75, 3.05) is 6.61 Å². The van der Waals surface area contributed by atoms with Gasteiger partial charge in [-0.05, 0) is 32.4 Å². The highest BCUT2D eigenvalue weighted by molar-refractivity contribution is 5.91. The number of para-hydroxylation sites is 1. The zero-order chi connectivity index (χ0) is 13.2. The van der Waals surface area contributed by atoms with Gasteiger partial charge in [0.05, 0.1) is 11.2 Å². The van der Waals surface area contributed by atoms with Crippen LogP contribution >= 0.6 is 0 Å². The standard InChI is InChI=1S/C9H9N.C6H11NO.3CH4/c1-7-6-8-4-2-3-5-9(8)10-7;1-5-7-6(2,3)4-8-5;;;/h2-5H,6H2,1H3;4H2,1-3H3;3*1H4. The van der Waals surface area contributed by atoms with Crippen LogP contribution in [0.15, 0.2) is 34.3 Å². The molecule has 0 saturated heterocycles. The van der Waals surface area contributed by atoms with E-state index < -0.39 is 0 Å². The first kappa shape index (κ1) is 21.7. The van der Waals surface area contributed by atoms with Crippen molar-refractivity contribution in [3.05, 3.63) is 29.8 Å². The summed E-state index contributed by atoms with van der Waals surface area (Å²) in [5.41, 5.74) is 3.77. The first-order valence-corrected chi connectivity index (χ1v) is 6.28. The van der Waals surface area contributed by atoms with Crippen molar-refractivity contribution in [3.63, 3.8) is 0 Å². The lowest BCUT2D eigenvalue weighted by molar-refractivity contribution is 0.277. The van der Waals surface area contributed by atoms with E-state index in [-0.39, 0.29) is 27.8 Å². The molecule has 0 aromatic heterocycles. The van der Waals surface area contributed by atoms with Crippen LogP contribution in [0, 0.1) is 0 Å². The van der Waals surface area contributed by atoms with Crippen molar-refractivity contribution in [1.29, 1.82) is 0 Å². The summed E-state index contributed by atoms with van der Waals surface area (Å²) in [6.07, 6.45) is 1.04. The van der Waals surface area contributed by atoms with E-state index in [4.69, 9.17) is 4.74 Å². The zero-order valence-corrected chi connectivity index (χ0v) is 11.5. The largest absolute Gasteiger partial charge is 0.479 e. The molecular formula is C18H32N2O. The van der Waals surface area contributed by atoms with Crippen LogP contribution in [0.5, 0.6) is 0 Å². The maximum atomic E-state index is 5.12. The van der Waals surface area contributed by atoms with Gasteiger partial charge in [-0.2, -0.15) is 0 Å². The number of hydrogen-bond acceptors (Lipinski definition) is 3. The van der Waals surface area contributed by atoms with E-state index in [0.717, 1.165) is 24.6 Å². The second kappa shape index (κ2) is 8.60. The lowest BCUT2D eigenvalue weighted by Gasteiger charge is -2.07. The molecule has 1 aromatic rings. The molecule has 3 heteroatoms. The second-order valence-corrected chi connectivity index (χ2v) is 5.38. The summed E-state index contributed by atoms with van der Waals surface area (Å²) in [5.74, 6) is 0.815. The smallest absolute Gasteiger partial charge is 0.180 e. The van der Waals surface area contributed by atoms with Crippen LogP contribution in [-0.2, 0) is 11.2 Å². The number of rotatable bonds is 0. The van der Waals surface area contributed by atoms with E-state index >= 15 is 0 Å². The van der Waals surface area contributed by atoms with Gasteiger partial charge in [0.2, 0.25) is 0 Å². The number of ether oxygens (including phenoxy) is 1. The SMILES string of the molecule is C.C.C.CC1=NC(C)(C)CO1.CC1=Nc2ccccc2C1. The van der Waals surface area contributed by atoms with Gasteiger partial charge in [-0.3, -0.25) is 4.99 Å². The molecule has 0 unspecified atom stereocenters. The summed E-state index contributed by atoms with van der Waals surface area (Å²) in [4.78, 5) is 8.58. The molecule has 21 heavy (non-hydrogen) atoms. The van der Waals surface area contributed by atoms with Crippen molar-refractivity contribution in [3.8, 4) is 0 Å². The van der Waals surface area contributed by atoms with Crippen LogP contribution in [0.2, 0.25) is 0 Å². The minimum atomic E-state index is 0. The maximum Gasteiger partial charge on any atom is 0.180 e. The Morgan fingerprint density at radius 2 is 1.67 bits per heavy atom. The minimum absolute atomic E-state index is 0. The van der Waals surface area contributed by atoms with Crippen LogP contribution in [0.1, 0.15) is 55.5 Å². The van der Waals surface area contributed by atoms with Gasteiger partial charge in [-0.1, -0.05) is 40.5 Å². The molecule has 3 nitrogen and oxygen atoms in total. The fourth-order valence-corrected chi connectivity index (χ4v) is 2.06. The Kier molecular flexibility index (Phi) is 8.87. The highest BCUT2D eigenvalue weighted by Gasteiger charge is 2.23. The molecule has 0 bridgehead atoms. The summed E-state index contributed by atoms with van der Waals surface area (Å²) < 4.78 is 5.12. The van der Waals surface area contributed by atoms with E-state index in [0.29, 0.717) is 0 Å². The summed E-state index contributed by atoms with van der Waals surface area (Å²) in [6, 6.07) is 8.29. The monoisotopic (exact) mass is 292 g/mol. The number of nitrogens with zero attached hydrogens (tertiary/aromatic N) is 2. The Labute approximate surface area is 131 Å². The molecular weight excluding hydrogens is 260 g/mol. The van der Waals surface area contributed by atoms with Gasteiger partial charge in [0, 0.05) is 19.1 Å². The zero-order valence-electron chi connectivity index (χ0n) is 11.5. The average molecular weight is 292 g/mol. The van der Waals surface area contributed by atoms with E-state index in [1.807, 2.05) is 13.0 Å². The summed E-state index contributed by atoms with van der Waals surface area (Å²) in [7, 11) is 0. The second-order valence-electron chi connectivity index (χ2n) is 5.38. The van der Waals surface area contributed by atoms with Crippen LogP contribution in [0.25, 0.3) is 0 Å². The fraction of sp³-hybridized carbons (Fsp3) is 0.556. The summed E-state index contributed by atoms with van der Waals surface area (Å²) >= 11 is 0. The average Bonchev–Trinajstić information content (AvgIpc) is 2.80. The van der Waals surface area contributed by atoms with Crippen molar-refractivity contribution < 1.29 is 4.74 Å². The number of aliphatic imine (C=N–C) groups is 2. The molecule has 0 N–H and O–H groups in total. The Balaban J connectivity index is 0. The fourth-order valence-electron chi connectivity index (χ4n) is 2.06. The topological polar surface area (TPSA) is 34.0 Å². The van der Waals surface area contributed by atoms with Crippen LogP contribution in [0.4, 0.5) is 5.69 Å². The van der Waals surface area contributed by atoms with Crippen molar-refractivity contribution in [1.82, 2.24) is 0 Å². The van der Waals surface area contributed by atoms with E-state index in [2.05, 4.69) is 49.0 Å². The Hall–Kier alpha value is -1.64. The minimum Gasteiger partial charge on any atom is -0.479 e. The highest BCUT2D eigenvalue weighted by Crippen LogP contribution is 2.25. The van der Waals surface area contributed by atoms with Gasteiger partial charge in [0.25, 0.3) is 0 Å². The van der Waals surface area contributed by atoms with Gasteiger partial charge < -0.3 is 4.74 Å². The van der Waals surface area contributed by atoms with Gasteiger partial charge >= 0.3 is 0 Å². The molecule has 2 aliphatic rings. The number of fused-ring (bicyclic) bond motifs is 1. The van der Waals surface area contributed by atoms with Gasteiger partial charge in [0.15, 0.2) is 5.90 Å². The van der Waals surface area contributed by atoms with Crippen LogP contribution < -0.4 is 0 Å². The predicted octanol–water partition coefficient (Wildman–Crippen LogP) is 5.46. The van der Waals surface area contributed by atoms with E-state index in [1.54, 1.807) is 0 Å². The van der Waals surface area contributed by atoms with E-state index in [1.165, 1.54) is 11.3 Å². The van der Waals surface area contributed by atoms with Gasteiger partial charge in [0.1, 0.15) is 6.61 Å². The molecule has 0 atom stereocenters. The third kappa shape index (κ3) is 6.11. The maximum absolute atomic E-state index is 5.12. The molecule has 0 saturated carbocycles. The van der Waals surface area contributed by atoms with Crippen molar-refractivity contribution >= 4 is 17.3 Å². The summed E-state index contributed by atoms with van der Waals surface area (Å²) in [5, 5.41) is 0. The molecule has 0 aliphatic carbocycles. The Morgan fingerprint density at radius 3 is 2.10 bits per heavy atom. The molecule has 0 amide bonds. The predicted molar refractivity (Wildman–Crippen MR) is 96.2 cm³/mol. The molecule has 2 aliphatic heterocycles. The molecule has 1 aromatic carbocycles. The summed E-state index contributed by atoms with van der Waals surface area (Å²) in [6.45, 7) is 8.81. The molecule has 3 rings (SSSR count). The van der Waals surface area contributed by atoms with Crippen LogP contribution in [-0.4, -0.2) is 23.8 Å². The van der Waals surface area contributed by atoms with E-state index in [9.17, 15) is 0 Å². The lowest BCUT2D eigenvalue weighted by atomic mass is 10.1.